The summed E-state index contributed by atoms with van der Waals surface area (Å²) in [5.74, 6) is -0.475. The highest BCUT2D eigenvalue weighted by molar-refractivity contribution is 5.71. The number of nitro groups is 2. The lowest BCUT2D eigenvalue weighted by molar-refractivity contribution is -0.394. The lowest BCUT2D eigenvalue weighted by Gasteiger charge is -2.05. The van der Waals surface area contributed by atoms with Gasteiger partial charge in [0, 0.05) is 18.2 Å². The first-order chi connectivity index (χ1) is 9.45. The Morgan fingerprint density at radius 2 is 2.00 bits per heavy atom. The number of carbonyl (C=O) groups is 1. The second-order valence-electron chi connectivity index (χ2n) is 3.74. The first-order valence-corrected chi connectivity index (χ1v) is 5.73. The Labute approximate surface area is 113 Å². The fraction of sp³-hybridized carbons (Fsp3) is 0.364. The quantitative estimate of drug-likeness (QED) is 0.452. The van der Waals surface area contributed by atoms with Crippen LogP contribution in [0.3, 0.4) is 0 Å². The van der Waals surface area contributed by atoms with E-state index in [4.69, 9.17) is 0 Å². The van der Waals surface area contributed by atoms with E-state index in [9.17, 15) is 25.0 Å². The van der Waals surface area contributed by atoms with Crippen molar-refractivity contribution in [2.45, 2.75) is 13.5 Å². The van der Waals surface area contributed by atoms with Crippen LogP contribution >= 0.6 is 0 Å². The molecule has 0 atom stereocenters. The van der Waals surface area contributed by atoms with Crippen LogP contribution in [0.1, 0.15) is 12.5 Å². The molecule has 9 heteroatoms. The number of hydrogen-bond acceptors (Lipinski definition) is 7. The van der Waals surface area contributed by atoms with E-state index in [2.05, 4.69) is 10.1 Å². The van der Waals surface area contributed by atoms with Gasteiger partial charge in [-0.05, 0) is 13.0 Å². The van der Waals surface area contributed by atoms with Gasteiger partial charge < -0.3 is 10.1 Å². The van der Waals surface area contributed by atoms with Gasteiger partial charge in [0.05, 0.1) is 29.1 Å². The normalized spacial score (nSPS) is 10.1. The van der Waals surface area contributed by atoms with Crippen LogP contribution in [0.2, 0.25) is 0 Å². The van der Waals surface area contributed by atoms with E-state index in [-0.39, 0.29) is 36.6 Å². The molecule has 0 aliphatic heterocycles. The molecule has 108 valence electrons. The highest BCUT2D eigenvalue weighted by Gasteiger charge is 2.19. The molecule has 1 aromatic carbocycles. The number of hydrogen-bond donors (Lipinski definition) is 1. The van der Waals surface area contributed by atoms with Crippen LogP contribution in [0.4, 0.5) is 11.4 Å². The molecule has 0 radical (unpaired) electrons. The summed E-state index contributed by atoms with van der Waals surface area (Å²) in [6, 6.07) is 3.35. The molecule has 0 aromatic heterocycles. The third kappa shape index (κ3) is 4.28. The molecule has 0 fully saturated rings. The summed E-state index contributed by atoms with van der Waals surface area (Å²) in [7, 11) is 0. The predicted octanol–water partition coefficient (Wildman–Crippen LogP) is 1.16. The van der Waals surface area contributed by atoms with E-state index in [1.165, 1.54) is 12.1 Å². The highest BCUT2D eigenvalue weighted by atomic mass is 16.6. The van der Waals surface area contributed by atoms with Gasteiger partial charge >= 0.3 is 5.97 Å². The summed E-state index contributed by atoms with van der Waals surface area (Å²) in [5, 5.41) is 24.1. The lowest BCUT2D eigenvalue weighted by atomic mass is 10.1. The van der Waals surface area contributed by atoms with Gasteiger partial charge in [0.15, 0.2) is 0 Å². The molecule has 1 rings (SSSR count). The Morgan fingerprint density at radius 3 is 2.55 bits per heavy atom. The smallest absolute Gasteiger partial charge is 0.319 e. The molecule has 0 spiro atoms. The van der Waals surface area contributed by atoms with E-state index in [0.29, 0.717) is 0 Å². The molecule has 9 nitrogen and oxygen atoms in total. The molecule has 20 heavy (non-hydrogen) atoms. The third-order valence-electron chi connectivity index (χ3n) is 2.37. The van der Waals surface area contributed by atoms with E-state index in [1.807, 2.05) is 0 Å². The van der Waals surface area contributed by atoms with Gasteiger partial charge in [-0.25, -0.2) is 0 Å². The van der Waals surface area contributed by atoms with Gasteiger partial charge in [-0.15, -0.1) is 0 Å². The van der Waals surface area contributed by atoms with Crippen molar-refractivity contribution in [2.75, 3.05) is 13.2 Å². The number of ether oxygens (including phenoxy) is 1. The minimum absolute atomic E-state index is 0.0348. The number of benzene rings is 1. The highest BCUT2D eigenvalue weighted by Crippen LogP contribution is 2.24. The molecule has 0 bridgehead atoms. The standard InChI is InChI=1S/C11H13N3O6/c1-2-20-11(15)7-12-6-8-3-4-9(13(16)17)5-10(8)14(18)19/h3-5,12H,2,6-7H2,1H3. The third-order valence-corrected chi connectivity index (χ3v) is 2.37. The molecule has 1 aromatic rings. The Kier molecular flexibility index (Phi) is 5.54. The predicted molar refractivity (Wildman–Crippen MR) is 68.1 cm³/mol. The van der Waals surface area contributed by atoms with Gasteiger partial charge in [-0.2, -0.15) is 0 Å². The summed E-state index contributed by atoms with van der Waals surface area (Å²) in [5.41, 5.74) is -0.466. The fourth-order valence-corrected chi connectivity index (χ4v) is 1.50. The van der Waals surface area contributed by atoms with E-state index >= 15 is 0 Å². The number of nitrogens with one attached hydrogen (secondary N) is 1. The number of nitro benzene ring substituents is 2. The van der Waals surface area contributed by atoms with E-state index in [1.54, 1.807) is 6.92 Å². The average Bonchev–Trinajstić information content (AvgIpc) is 2.38. The van der Waals surface area contributed by atoms with Crippen LogP contribution in [0, 0.1) is 20.2 Å². The van der Waals surface area contributed by atoms with Crippen molar-refractivity contribution < 1.29 is 19.4 Å². The van der Waals surface area contributed by atoms with Crippen LogP contribution in [-0.4, -0.2) is 29.0 Å². The second kappa shape index (κ2) is 7.14. The molecule has 0 saturated carbocycles. The van der Waals surface area contributed by atoms with Crippen LogP contribution in [0.25, 0.3) is 0 Å². The number of rotatable bonds is 7. The van der Waals surface area contributed by atoms with Crippen LogP contribution < -0.4 is 5.32 Å². The molecular weight excluding hydrogens is 270 g/mol. The minimum Gasteiger partial charge on any atom is -0.465 e. The Balaban J connectivity index is 2.77. The summed E-state index contributed by atoms with van der Waals surface area (Å²) < 4.78 is 4.68. The van der Waals surface area contributed by atoms with Gasteiger partial charge in [0.25, 0.3) is 11.4 Å². The average molecular weight is 283 g/mol. The zero-order valence-corrected chi connectivity index (χ0v) is 10.7. The van der Waals surface area contributed by atoms with Crippen molar-refractivity contribution in [3.8, 4) is 0 Å². The topological polar surface area (TPSA) is 125 Å². The number of non-ortho nitro benzene ring substituents is 1. The zero-order valence-electron chi connectivity index (χ0n) is 10.7. The van der Waals surface area contributed by atoms with Crippen molar-refractivity contribution >= 4 is 17.3 Å². The second-order valence-corrected chi connectivity index (χ2v) is 3.74. The molecule has 0 saturated heterocycles. The summed E-state index contributed by atoms with van der Waals surface area (Å²) in [6.07, 6.45) is 0. The largest absolute Gasteiger partial charge is 0.465 e. The summed E-state index contributed by atoms with van der Waals surface area (Å²) in [6.45, 7) is 1.85. The first kappa shape index (κ1) is 15.5. The van der Waals surface area contributed by atoms with Crippen LogP contribution in [-0.2, 0) is 16.1 Å². The Hall–Kier alpha value is -2.55. The van der Waals surface area contributed by atoms with Gasteiger partial charge in [-0.3, -0.25) is 25.0 Å². The number of carbonyl (C=O) groups excluding carboxylic acids is 1. The van der Waals surface area contributed by atoms with Crippen molar-refractivity contribution in [3.63, 3.8) is 0 Å². The lowest BCUT2D eigenvalue weighted by Crippen LogP contribution is -2.24. The van der Waals surface area contributed by atoms with Gasteiger partial charge in [-0.1, -0.05) is 0 Å². The molecule has 1 N–H and O–H groups in total. The van der Waals surface area contributed by atoms with E-state index < -0.39 is 15.8 Å². The van der Waals surface area contributed by atoms with Crippen molar-refractivity contribution in [3.05, 3.63) is 44.0 Å². The fourth-order valence-electron chi connectivity index (χ4n) is 1.50. The minimum atomic E-state index is -0.706. The van der Waals surface area contributed by atoms with Crippen molar-refractivity contribution in [2.24, 2.45) is 0 Å². The van der Waals surface area contributed by atoms with Crippen molar-refractivity contribution in [1.29, 1.82) is 0 Å². The molecule has 0 unspecified atom stereocenters. The first-order valence-electron chi connectivity index (χ1n) is 5.73. The molecule has 0 aliphatic carbocycles. The Morgan fingerprint density at radius 1 is 1.30 bits per heavy atom. The molecular formula is C11H13N3O6. The number of esters is 1. The van der Waals surface area contributed by atoms with Crippen LogP contribution in [0.15, 0.2) is 18.2 Å². The van der Waals surface area contributed by atoms with Gasteiger partial charge in [0.2, 0.25) is 0 Å². The summed E-state index contributed by atoms with van der Waals surface area (Å²) in [4.78, 5) is 31.1. The maximum Gasteiger partial charge on any atom is 0.319 e. The van der Waals surface area contributed by atoms with Crippen molar-refractivity contribution in [1.82, 2.24) is 5.32 Å². The summed E-state index contributed by atoms with van der Waals surface area (Å²) >= 11 is 0. The molecule has 0 heterocycles. The zero-order chi connectivity index (χ0) is 15.1. The maximum absolute atomic E-state index is 11.1. The molecule has 0 amide bonds. The van der Waals surface area contributed by atoms with Crippen LogP contribution in [0.5, 0.6) is 0 Å². The Bertz CT molecular complexity index is 531. The number of nitrogens with zero attached hydrogens (tertiary/aromatic N) is 2. The van der Waals surface area contributed by atoms with Gasteiger partial charge in [0.1, 0.15) is 0 Å². The monoisotopic (exact) mass is 283 g/mol. The maximum atomic E-state index is 11.1. The van der Waals surface area contributed by atoms with E-state index in [0.717, 1.165) is 6.07 Å². The molecule has 0 aliphatic rings. The SMILES string of the molecule is CCOC(=O)CNCc1ccc([N+](=O)[O-])cc1[N+](=O)[O-].